The summed E-state index contributed by atoms with van der Waals surface area (Å²) in [6.45, 7) is 2.18. The van der Waals surface area contributed by atoms with Gasteiger partial charge >= 0.3 is 6.18 Å². The van der Waals surface area contributed by atoms with Crippen LogP contribution in [0.4, 0.5) is 13.2 Å². The molecule has 0 amide bonds. The fourth-order valence-corrected chi connectivity index (χ4v) is 2.56. The standard InChI is InChI=1S/C18H25F3O/c1-2-3-4-5-6-7-8-9-12-15-13-10-11-14-16(15)17(22)18(19,20)21/h10-11,13-14H,2-9,12H2,1H3. The second-order valence-corrected chi connectivity index (χ2v) is 5.71. The van der Waals surface area contributed by atoms with E-state index in [1.807, 2.05) is 0 Å². The van der Waals surface area contributed by atoms with Crippen molar-refractivity contribution in [3.05, 3.63) is 35.4 Å². The van der Waals surface area contributed by atoms with Gasteiger partial charge in [0.25, 0.3) is 5.78 Å². The maximum atomic E-state index is 12.6. The number of halogens is 3. The van der Waals surface area contributed by atoms with E-state index in [-0.39, 0.29) is 5.56 Å². The molecule has 0 unspecified atom stereocenters. The van der Waals surface area contributed by atoms with Gasteiger partial charge in [-0.15, -0.1) is 0 Å². The average Bonchev–Trinajstić information content (AvgIpc) is 2.48. The highest BCUT2D eigenvalue weighted by Crippen LogP contribution is 2.24. The number of Topliss-reactive ketones (excluding diaryl/α,β-unsaturated/α-hetero) is 1. The Labute approximate surface area is 130 Å². The van der Waals surface area contributed by atoms with E-state index < -0.39 is 12.0 Å². The molecule has 0 N–H and O–H groups in total. The molecule has 0 aromatic heterocycles. The van der Waals surface area contributed by atoms with Gasteiger partial charge in [-0.2, -0.15) is 13.2 Å². The van der Waals surface area contributed by atoms with E-state index in [1.165, 1.54) is 44.2 Å². The molecular weight excluding hydrogens is 289 g/mol. The molecule has 124 valence electrons. The Balaban J connectivity index is 2.39. The van der Waals surface area contributed by atoms with Crippen LogP contribution in [0.1, 0.15) is 74.2 Å². The summed E-state index contributed by atoms with van der Waals surface area (Å²) in [4.78, 5) is 11.4. The van der Waals surface area contributed by atoms with Gasteiger partial charge in [0.2, 0.25) is 0 Å². The average molecular weight is 314 g/mol. The minimum Gasteiger partial charge on any atom is -0.284 e. The molecule has 0 aliphatic heterocycles. The van der Waals surface area contributed by atoms with Crippen molar-refractivity contribution in [3.63, 3.8) is 0 Å². The number of carbonyl (C=O) groups is 1. The van der Waals surface area contributed by atoms with Gasteiger partial charge in [0.15, 0.2) is 0 Å². The molecule has 0 saturated heterocycles. The Morgan fingerprint density at radius 2 is 1.45 bits per heavy atom. The number of hydrogen-bond acceptors (Lipinski definition) is 1. The van der Waals surface area contributed by atoms with Crippen LogP contribution < -0.4 is 0 Å². The predicted molar refractivity (Wildman–Crippen MR) is 83.1 cm³/mol. The second-order valence-electron chi connectivity index (χ2n) is 5.71. The molecule has 22 heavy (non-hydrogen) atoms. The Bertz CT molecular complexity index is 452. The van der Waals surface area contributed by atoms with Crippen molar-refractivity contribution in [2.45, 2.75) is 70.9 Å². The molecule has 0 aliphatic rings. The summed E-state index contributed by atoms with van der Waals surface area (Å²) in [6, 6.07) is 6.07. The number of carbonyl (C=O) groups excluding carboxylic acids is 1. The summed E-state index contributed by atoms with van der Waals surface area (Å²) < 4.78 is 37.7. The van der Waals surface area contributed by atoms with Crippen LogP contribution in [0.2, 0.25) is 0 Å². The molecule has 1 rings (SSSR count). The summed E-state index contributed by atoms with van der Waals surface area (Å²) in [7, 11) is 0. The number of hydrogen-bond donors (Lipinski definition) is 0. The highest BCUT2D eigenvalue weighted by Gasteiger charge is 2.40. The van der Waals surface area contributed by atoms with E-state index in [2.05, 4.69) is 6.92 Å². The van der Waals surface area contributed by atoms with E-state index in [0.29, 0.717) is 12.0 Å². The Morgan fingerprint density at radius 3 is 2.05 bits per heavy atom. The Kier molecular flexibility index (Phi) is 8.21. The quantitative estimate of drug-likeness (QED) is 0.376. The maximum absolute atomic E-state index is 12.6. The van der Waals surface area contributed by atoms with Gasteiger partial charge in [0, 0.05) is 5.56 Å². The molecule has 0 aliphatic carbocycles. The lowest BCUT2D eigenvalue weighted by Gasteiger charge is -2.10. The van der Waals surface area contributed by atoms with Crippen molar-refractivity contribution < 1.29 is 18.0 Å². The molecule has 0 saturated carbocycles. The van der Waals surface area contributed by atoms with Gasteiger partial charge in [0.1, 0.15) is 0 Å². The lowest BCUT2D eigenvalue weighted by Crippen LogP contribution is -2.24. The van der Waals surface area contributed by atoms with Crippen molar-refractivity contribution in [1.29, 1.82) is 0 Å². The largest absolute Gasteiger partial charge is 0.454 e. The number of benzene rings is 1. The zero-order valence-electron chi connectivity index (χ0n) is 13.2. The zero-order valence-corrected chi connectivity index (χ0v) is 13.2. The van der Waals surface area contributed by atoms with Gasteiger partial charge in [0.05, 0.1) is 0 Å². The van der Waals surface area contributed by atoms with Crippen LogP contribution in [-0.4, -0.2) is 12.0 Å². The fraction of sp³-hybridized carbons (Fsp3) is 0.611. The van der Waals surface area contributed by atoms with E-state index in [9.17, 15) is 18.0 Å². The van der Waals surface area contributed by atoms with Crippen molar-refractivity contribution >= 4 is 5.78 Å². The van der Waals surface area contributed by atoms with Crippen molar-refractivity contribution in [1.82, 2.24) is 0 Å². The summed E-state index contributed by atoms with van der Waals surface area (Å²) in [5.74, 6) is -1.73. The smallest absolute Gasteiger partial charge is 0.284 e. The van der Waals surface area contributed by atoms with Crippen LogP contribution >= 0.6 is 0 Å². The molecule has 0 fully saturated rings. The summed E-state index contributed by atoms with van der Waals surface area (Å²) in [5, 5.41) is 0. The van der Waals surface area contributed by atoms with Crippen LogP contribution in [0.3, 0.4) is 0 Å². The number of rotatable bonds is 10. The van der Waals surface area contributed by atoms with Crippen LogP contribution in [0.15, 0.2) is 24.3 Å². The molecule has 1 nitrogen and oxygen atoms in total. The lowest BCUT2D eigenvalue weighted by molar-refractivity contribution is -0.0885. The first-order valence-corrected chi connectivity index (χ1v) is 8.16. The van der Waals surface area contributed by atoms with Crippen molar-refractivity contribution in [2.24, 2.45) is 0 Å². The molecule has 0 heterocycles. The number of unbranched alkanes of at least 4 members (excludes halogenated alkanes) is 7. The SMILES string of the molecule is CCCCCCCCCCc1ccccc1C(=O)C(F)(F)F. The number of alkyl halides is 3. The number of aryl methyl sites for hydroxylation is 1. The monoisotopic (exact) mass is 314 g/mol. The van der Waals surface area contributed by atoms with Gasteiger partial charge in [-0.1, -0.05) is 76.1 Å². The lowest BCUT2D eigenvalue weighted by atomic mass is 9.97. The molecule has 1 aromatic carbocycles. The first-order valence-electron chi connectivity index (χ1n) is 8.16. The van der Waals surface area contributed by atoms with Gasteiger partial charge in [-0.05, 0) is 18.4 Å². The Hall–Kier alpha value is -1.32. The normalized spacial score (nSPS) is 11.6. The minimum absolute atomic E-state index is 0.196. The van der Waals surface area contributed by atoms with Crippen LogP contribution in [0.25, 0.3) is 0 Å². The highest BCUT2D eigenvalue weighted by atomic mass is 19.4. The van der Waals surface area contributed by atoms with Crippen molar-refractivity contribution in [2.75, 3.05) is 0 Å². The molecule has 0 radical (unpaired) electrons. The molecule has 0 atom stereocenters. The van der Waals surface area contributed by atoms with E-state index >= 15 is 0 Å². The molecule has 4 heteroatoms. The van der Waals surface area contributed by atoms with Crippen LogP contribution in [0.5, 0.6) is 0 Å². The van der Waals surface area contributed by atoms with Crippen molar-refractivity contribution in [3.8, 4) is 0 Å². The first-order chi connectivity index (χ1) is 10.5. The van der Waals surface area contributed by atoms with Crippen LogP contribution in [-0.2, 0) is 6.42 Å². The topological polar surface area (TPSA) is 17.1 Å². The molecular formula is C18H25F3O. The van der Waals surface area contributed by atoms with Gasteiger partial charge in [-0.3, -0.25) is 4.79 Å². The third-order valence-electron chi connectivity index (χ3n) is 3.82. The van der Waals surface area contributed by atoms with E-state index in [4.69, 9.17) is 0 Å². The zero-order chi connectivity index (χ0) is 16.4. The predicted octanol–water partition coefficient (Wildman–Crippen LogP) is 6.11. The second kappa shape index (κ2) is 9.65. The summed E-state index contributed by atoms with van der Waals surface area (Å²) in [6.07, 6.45) is 4.86. The van der Waals surface area contributed by atoms with Gasteiger partial charge in [-0.25, -0.2) is 0 Å². The summed E-state index contributed by atoms with van der Waals surface area (Å²) in [5.41, 5.74) is 0.314. The molecule has 0 bridgehead atoms. The minimum atomic E-state index is -4.80. The Morgan fingerprint density at radius 1 is 0.909 bits per heavy atom. The van der Waals surface area contributed by atoms with Crippen LogP contribution in [0, 0.1) is 0 Å². The van der Waals surface area contributed by atoms with E-state index in [0.717, 1.165) is 19.3 Å². The molecule has 1 aromatic rings. The first kappa shape index (κ1) is 18.7. The van der Waals surface area contributed by atoms with Gasteiger partial charge < -0.3 is 0 Å². The third kappa shape index (κ3) is 6.63. The third-order valence-corrected chi connectivity index (χ3v) is 3.82. The summed E-state index contributed by atoms with van der Waals surface area (Å²) >= 11 is 0. The van der Waals surface area contributed by atoms with E-state index in [1.54, 1.807) is 12.1 Å². The highest BCUT2D eigenvalue weighted by molar-refractivity contribution is 6.01. The fourth-order valence-electron chi connectivity index (χ4n) is 2.56. The maximum Gasteiger partial charge on any atom is 0.454 e. The molecule has 0 spiro atoms. The number of ketones is 1.